The van der Waals surface area contributed by atoms with Crippen molar-refractivity contribution in [2.75, 3.05) is 11.5 Å². The first-order chi connectivity index (χ1) is 16.5. The summed E-state index contributed by atoms with van der Waals surface area (Å²) in [5.74, 6) is -1.55. The minimum Gasteiger partial charge on any atom is -0.507 e. The molecule has 168 valence electrons. The van der Waals surface area contributed by atoms with E-state index in [2.05, 4.69) is 9.97 Å². The van der Waals surface area contributed by atoms with Crippen molar-refractivity contribution in [3.63, 3.8) is 0 Å². The molecule has 2 aliphatic heterocycles. The second kappa shape index (κ2) is 7.55. The number of halogens is 1. The Morgan fingerprint density at radius 1 is 1.09 bits per heavy atom. The number of nitrogens with zero attached hydrogens (tertiary/aromatic N) is 2. The lowest BCUT2D eigenvalue weighted by atomic mass is 9.94. The Bertz CT molecular complexity index is 1510. The topological polar surface area (TPSA) is 95.5 Å². The minimum absolute atomic E-state index is 0.0401. The van der Waals surface area contributed by atoms with Crippen LogP contribution in [0.15, 0.2) is 72.3 Å². The average molecular weight is 455 g/mol. The van der Waals surface area contributed by atoms with Gasteiger partial charge in [-0.1, -0.05) is 30.3 Å². The molecule has 0 radical (unpaired) electrons. The molecule has 2 aliphatic rings. The number of Topliss-reactive ketones (excluding diaryl/α,β-unsaturated/α-hetero) is 1. The van der Waals surface area contributed by atoms with E-state index in [1.54, 1.807) is 42.5 Å². The highest BCUT2D eigenvalue weighted by Crippen LogP contribution is 2.42. The Morgan fingerprint density at radius 3 is 2.74 bits per heavy atom. The summed E-state index contributed by atoms with van der Waals surface area (Å²) >= 11 is 0. The van der Waals surface area contributed by atoms with Crippen LogP contribution in [0.4, 0.5) is 10.3 Å². The summed E-state index contributed by atoms with van der Waals surface area (Å²) in [6.45, 7) is 0.556. The van der Waals surface area contributed by atoms with E-state index >= 15 is 0 Å². The lowest BCUT2D eigenvalue weighted by Crippen LogP contribution is -2.30. The molecule has 3 aromatic carbocycles. The van der Waals surface area contributed by atoms with Crippen molar-refractivity contribution in [1.29, 1.82) is 0 Å². The zero-order valence-corrected chi connectivity index (χ0v) is 17.8. The Hall–Kier alpha value is -4.46. The van der Waals surface area contributed by atoms with Crippen LogP contribution < -0.4 is 9.64 Å². The van der Waals surface area contributed by atoms with Crippen molar-refractivity contribution >= 4 is 34.4 Å². The number of aromatic nitrogens is 2. The second-order valence-corrected chi connectivity index (χ2v) is 8.22. The Morgan fingerprint density at radius 2 is 1.91 bits per heavy atom. The molecular weight excluding hydrogens is 437 g/mol. The average Bonchev–Trinajstić information content (AvgIpc) is 3.55. The maximum absolute atomic E-state index is 13.7. The quantitative estimate of drug-likeness (QED) is 0.273. The second-order valence-electron chi connectivity index (χ2n) is 8.22. The van der Waals surface area contributed by atoms with Crippen LogP contribution in [0.3, 0.4) is 0 Å². The van der Waals surface area contributed by atoms with Crippen LogP contribution in [0.25, 0.3) is 16.8 Å². The number of rotatable bonds is 3. The molecule has 0 spiro atoms. The van der Waals surface area contributed by atoms with Crippen LogP contribution in [0, 0.1) is 5.82 Å². The first kappa shape index (κ1) is 20.2. The van der Waals surface area contributed by atoms with Gasteiger partial charge in [-0.15, -0.1) is 0 Å². The van der Waals surface area contributed by atoms with Crippen molar-refractivity contribution in [2.45, 2.75) is 12.5 Å². The highest BCUT2D eigenvalue weighted by Gasteiger charge is 2.48. The molecule has 1 unspecified atom stereocenters. The Kier molecular flexibility index (Phi) is 4.48. The Labute approximate surface area is 193 Å². The fourth-order valence-electron chi connectivity index (χ4n) is 4.57. The van der Waals surface area contributed by atoms with E-state index in [9.17, 15) is 19.1 Å². The third kappa shape index (κ3) is 3.07. The van der Waals surface area contributed by atoms with Gasteiger partial charge in [-0.05, 0) is 47.5 Å². The van der Waals surface area contributed by atoms with E-state index in [4.69, 9.17) is 4.74 Å². The largest absolute Gasteiger partial charge is 0.507 e. The first-order valence-electron chi connectivity index (χ1n) is 10.8. The van der Waals surface area contributed by atoms with Gasteiger partial charge in [0.25, 0.3) is 5.78 Å². The molecule has 1 saturated heterocycles. The molecule has 1 amide bonds. The molecule has 3 heterocycles. The molecule has 0 aliphatic carbocycles. The number of H-pyrrole nitrogens is 1. The number of carbonyl (C=O) groups excluding carboxylic acids is 2. The Balaban J connectivity index is 1.54. The number of hydrogen-bond donors (Lipinski definition) is 2. The van der Waals surface area contributed by atoms with Crippen molar-refractivity contribution in [3.8, 4) is 5.75 Å². The molecule has 8 heteroatoms. The zero-order chi connectivity index (χ0) is 23.4. The van der Waals surface area contributed by atoms with Gasteiger partial charge in [0, 0.05) is 12.0 Å². The van der Waals surface area contributed by atoms with Crippen LogP contribution in [0.2, 0.25) is 0 Å². The predicted molar refractivity (Wildman–Crippen MR) is 123 cm³/mol. The lowest BCUT2D eigenvalue weighted by molar-refractivity contribution is -0.132. The van der Waals surface area contributed by atoms with E-state index in [0.717, 1.165) is 11.3 Å². The van der Waals surface area contributed by atoms with Gasteiger partial charge in [0.15, 0.2) is 0 Å². The summed E-state index contributed by atoms with van der Waals surface area (Å²) in [6.07, 6.45) is 0.697. The number of nitrogens with one attached hydrogen (secondary N) is 1. The first-order valence-corrected chi connectivity index (χ1v) is 10.8. The van der Waals surface area contributed by atoms with Gasteiger partial charge in [0.05, 0.1) is 29.3 Å². The van der Waals surface area contributed by atoms with E-state index in [1.165, 1.54) is 23.1 Å². The lowest BCUT2D eigenvalue weighted by Gasteiger charge is -2.23. The molecule has 1 aromatic heterocycles. The van der Waals surface area contributed by atoms with Gasteiger partial charge < -0.3 is 14.8 Å². The summed E-state index contributed by atoms with van der Waals surface area (Å²) in [5.41, 5.74) is 2.77. The molecule has 2 N–H and O–H groups in total. The van der Waals surface area contributed by atoms with Crippen molar-refractivity contribution in [3.05, 3.63) is 94.8 Å². The number of fused-ring (bicyclic) bond motifs is 2. The molecule has 7 nitrogen and oxygen atoms in total. The number of amides is 1. The monoisotopic (exact) mass is 455 g/mol. The third-order valence-corrected chi connectivity index (χ3v) is 6.18. The SMILES string of the molecule is O=C1C(=O)N(c2nc3ccc(F)cc3[nH]2)C(c2ccccc2)/C1=C(\O)c1ccc2c(c1)CCO2. The molecule has 4 aromatic rings. The summed E-state index contributed by atoms with van der Waals surface area (Å²) in [5, 5.41) is 11.3. The number of aromatic amines is 1. The van der Waals surface area contributed by atoms with E-state index in [-0.39, 0.29) is 17.3 Å². The van der Waals surface area contributed by atoms with Gasteiger partial charge in [-0.25, -0.2) is 9.37 Å². The van der Waals surface area contributed by atoms with E-state index in [0.29, 0.717) is 35.2 Å². The molecular formula is C26H18FN3O4. The minimum atomic E-state index is -0.920. The molecule has 34 heavy (non-hydrogen) atoms. The number of hydrogen-bond acceptors (Lipinski definition) is 5. The summed E-state index contributed by atoms with van der Waals surface area (Å²) in [7, 11) is 0. The van der Waals surface area contributed by atoms with Gasteiger partial charge >= 0.3 is 5.91 Å². The smallest absolute Gasteiger partial charge is 0.302 e. The molecule has 1 fully saturated rings. The van der Waals surface area contributed by atoms with E-state index in [1.807, 2.05) is 6.07 Å². The van der Waals surface area contributed by atoms with Crippen molar-refractivity contribution < 1.29 is 23.8 Å². The van der Waals surface area contributed by atoms with Crippen LogP contribution >= 0.6 is 0 Å². The van der Waals surface area contributed by atoms with Gasteiger partial charge in [0.1, 0.15) is 17.3 Å². The number of benzene rings is 3. The van der Waals surface area contributed by atoms with Crippen LogP contribution in [-0.4, -0.2) is 33.4 Å². The fraction of sp³-hybridized carbons (Fsp3) is 0.115. The normalized spacial score (nSPS) is 19.0. The summed E-state index contributed by atoms with van der Waals surface area (Å²) in [4.78, 5) is 35.1. The number of aliphatic hydroxyl groups excluding tert-OH is 1. The molecule has 0 saturated carbocycles. The number of anilines is 1. The van der Waals surface area contributed by atoms with Crippen LogP contribution in [-0.2, 0) is 16.0 Å². The molecule has 1 atom stereocenters. The van der Waals surface area contributed by atoms with Crippen molar-refractivity contribution in [2.24, 2.45) is 0 Å². The van der Waals surface area contributed by atoms with E-state index < -0.39 is 23.5 Å². The summed E-state index contributed by atoms with van der Waals surface area (Å²) in [6, 6.07) is 17.2. The van der Waals surface area contributed by atoms with Crippen LogP contribution in [0.5, 0.6) is 5.75 Å². The third-order valence-electron chi connectivity index (χ3n) is 6.18. The predicted octanol–water partition coefficient (Wildman–Crippen LogP) is 4.26. The molecule has 6 rings (SSSR count). The number of aliphatic hydroxyl groups is 1. The fourth-order valence-corrected chi connectivity index (χ4v) is 4.57. The summed E-state index contributed by atoms with van der Waals surface area (Å²) < 4.78 is 19.3. The van der Waals surface area contributed by atoms with Crippen molar-refractivity contribution in [1.82, 2.24) is 9.97 Å². The maximum atomic E-state index is 13.7. The van der Waals surface area contributed by atoms with Crippen LogP contribution in [0.1, 0.15) is 22.7 Å². The standard InChI is InChI=1S/C26H18FN3O4/c27-17-7-8-18-19(13-17)29-26(28-18)30-22(14-4-2-1-3-5-14)21(24(32)25(30)33)23(31)16-6-9-20-15(12-16)10-11-34-20/h1-9,12-13,22,31H,10-11H2,(H,28,29)/b23-21+. The highest BCUT2D eigenvalue weighted by molar-refractivity contribution is 6.51. The highest BCUT2D eigenvalue weighted by atomic mass is 19.1. The maximum Gasteiger partial charge on any atom is 0.302 e. The van der Waals surface area contributed by atoms with Gasteiger partial charge in [-0.2, -0.15) is 0 Å². The zero-order valence-electron chi connectivity index (χ0n) is 17.8. The van der Waals surface area contributed by atoms with Gasteiger partial charge in [0.2, 0.25) is 5.95 Å². The number of carbonyl (C=O) groups is 2. The number of ether oxygens (including phenoxy) is 1. The number of ketones is 1. The van der Waals surface area contributed by atoms with Gasteiger partial charge in [-0.3, -0.25) is 14.5 Å². The number of imidazole rings is 1. The molecule has 0 bridgehead atoms.